The van der Waals surface area contributed by atoms with Gasteiger partial charge in [-0.15, -0.1) is 0 Å². The molecule has 4 heteroatoms. The Balaban J connectivity index is 2.19. The van der Waals surface area contributed by atoms with Gasteiger partial charge in [-0.3, -0.25) is 4.98 Å². The van der Waals surface area contributed by atoms with Crippen molar-refractivity contribution in [3.8, 4) is 6.07 Å². The number of pyridine rings is 1. The summed E-state index contributed by atoms with van der Waals surface area (Å²) in [6, 6.07) is 4.41. The molecule has 1 aliphatic heterocycles. The molecule has 0 saturated carbocycles. The molecule has 1 aromatic heterocycles. The third-order valence-corrected chi connectivity index (χ3v) is 3.04. The van der Waals surface area contributed by atoms with Gasteiger partial charge in [-0.1, -0.05) is 0 Å². The van der Waals surface area contributed by atoms with E-state index in [0.717, 1.165) is 31.7 Å². The number of anilines is 1. The van der Waals surface area contributed by atoms with Gasteiger partial charge >= 0.3 is 0 Å². The number of nitrogens with zero attached hydrogens (tertiary/aromatic N) is 3. The van der Waals surface area contributed by atoms with Crippen molar-refractivity contribution >= 4 is 5.69 Å². The van der Waals surface area contributed by atoms with Crippen LogP contribution in [0.25, 0.3) is 0 Å². The second-order valence-electron chi connectivity index (χ2n) is 3.96. The molecular formula is C12H15N3O. The first-order chi connectivity index (χ1) is 7.83. The second-order valence-corrected chi connectivity index (χ2v) is 3.96. The highest BCUT2D eigenvalue weighted by Crippen LogP contribution is 2.23. The average molecular weight is 217 g/mol. The van der Waals surface area contributed by atoms with Gasteiger partial charge in [0.2, 0.25) is 0 Å². The predicted octanol–water partition coefficient (Wildman–Crippen LogP) is 1.57. The summed E-state index contributed by atoms with van der Waals surface area (Å²) in [5.41, 5.74) is 1.60. The molecule has 0 bridgehead atoms. The molecule has 1 aliphatic rings. The number of rotatable bonds is 2. The van der Waals surface area contributed by atoms with Crippen LogP contribution in [0, 0.1) is 11.3 Å². The normalized spacial score (nSPS) is 16.8. The molecule has 1 aromatic rings. The van der Waals surface area contributed by atoms with Gasteiger partial charge in [0.05, 0.1) is 17.4 Å². The number of hydrogen-bond donors (Lipinski definition) is 0. The van der Waals surface area contributed by atoms with Gasteiger partial charge < -0.3 is 9.64 Å². The van der Waals surface area contributed by atoms with Gasteiger partial charge in [-0.05, 0) is 18.9 Å². The minimum absolute atomic E-state index is 0.449. The van der Waals surface area contributed by atoms with Crippen LogP contribution in [-0.4, -0.2) is 31.3 Å². The molecule has 1 fully saturated rings. The molecule has 16 heavy (non-hydrogen) atoms. The zero-order chi connectivity index (χ0) is 11.4. The summed E-state index contributed by atoms with van der Waals surface area (Å²) >= 11 is 0. The van der Waals surface area contributed by atoms with Crippen molar-refractivity contribution < 1.29 is 4.74 Å². The molecule has 2 heterocycles. The van der Waals surface area contributed by atoms with Crippen molar-refractivity contribution in [1.29, 1.82) is 5.26 Å². The van der Waals surface area contributed by atoms with E-state index < -0.39 is 0 Å². The van der Waals surface area contributed by atoms with E-state index in [2.05, 4.69) is 16.0 Å². The SMILES string of the molecule is CN(c1cnccc1C#N)C1CCOCC1. The fourth-order valence-electron chi connectivity index (χ4n) is 2.03. The summed E-state index contributed by atoms with van der Waals surface area (Å²) in [6.45, 7) is 1.61. The van der Waals surface area contributed by atoms with Crippen LogP contribution in [0.4, 0.5) is 5.69 Å². The summed E-state index contributed by atoms with van der Waals surface area (Å²) in [7, 11) is 2.02. The molecule has 0 atom stereocenters. The lowest BCUT2D eigenvalue weighted by Gasteiger charge is -2.33. The summed E-state index contributed by atoms with van der Waals surface area (Å²) in [4.78, 5) is 6.23. The molecule has 1 saturated heterocycles. The lowest BCUT2D eigenvalue weighted by atomic mass is 10.1. The first kappa shape index (κ1) is 10.9. The van der Waals surface area contributed by atoms with Crippen LogP contribution in [0.1, 0.15) is 18.4 Å². The van der Waals surface area contributed by atoms with Gasteiger partial charge in [0.15, 0.2) is 0 Å². The van der Waals surface area contributed by atoms with Gasteiger partial charge in [0, 0.05) is 32.5 Å². The fraction of sp³-hybridized carbons (Fsp3) is 0.500. The third-order valence-electron chi connectivity index (χ3n) is 3.04. The Bertz CT molecular complexity index is 393. The van der Waals surface area contributed by atoms with E-state index in [1.54, 1.807) is 18.5 Å². The zero-order valence-electron chi connectivity index (χ0n) is 9.39. The minimum Gasteiger partial charge on any atom is -0.381 e. The summed E-state index contributed by atoms with van der Waals surface area (Å²) < 4.78 is 5.34. The second kappa shape index (κ2) is 4.95. The van der Waals surface area contributed by atoms with Crippen LogP contribution in [-0.2, 0) is 4.74 Å². The molecule has 4 nitrogen and oxygen atoms in total. The highest BCUT2D eigenvalue weighted by atomic mass is 16.5. The maximum Gasteiger partial charge on any atom is 0.101 e. The topological polar surface area (TPSA) is 49.2 Å². The van der Waals surface area contributed by atoms with E-state index in [1.165, 1.54) is 0 Å². The molecule has 2 rings (SSSR count). The molecule has 0 spiro atoms. The average Bonchev–Trinajstić information content (AvgIpc) is 2.39. The van der Waals surface area contributed by atoms with E-state index in [4.69, 9.17) is 10.00 Å². The highest BCUT2D eigenvalue weighted by molar-refractivity contribution is 5.57. The Labute approximate surface area is 95.5 Å². The number of hydrogen-bond acceptors (Lipinski definition) is 4. The molecule has 0 aliphatic carbocycles. The van der Waals surface area contributed by atoms with E-state index in [1.807, 2.05) is 7.05 Å². The van der Waals surface area contributed by atoms with Crippen LogP contribution >= 0.6 is 0 Å². The van der Waals surface area contributed by atoms with E-state index in [9.17, 15) is 0 Å². The van der Waals surface area contributed by atoms with Crippen molar-refractivity contribution in [1.82, 2.24) is 4.98 Å². The van der Waals surface area contributed by atoms with E-state index in [0.29, 0.717) is 11.6 Å². The summed E-state index contributed by atoms with van der Waals surface area (Å²) in [6.07, 6.45) is 5.43. The van der Waals surface area contributed by atoms with Crippen LogP contribution in [0.2, 0.25) is 0 Å². The quantitative estimate of drug-likeness (QED) is 0.754. The Hall–Kier alpha value is -1.60. The summed E-state index contributed by atoms with van der Waals surface area (Å²) in [5.74, 6) is 0. The fourth-order valence-corrected chi connectivity index (χ4v) is 2.03. The van der Waals surface area contributed by atoms with E-state index in [-0.39, 0.29) is 0 Å². The lowest BCUT2D eigenvalue weighted by Crippen LogP contribution is -2.37. The monoisotopic (exact) mass is 217 g/mol. The van der Waals surface area contributed by atoms with Crippen molar-refractivity contribution in [3.05, 3.63) is 24.0 Å². The lowest BCUT2D eigenvalue weighted by molar-refractivity contribution is 0.0855. The Morgan fingerprint density at radius 1 is 1.50 bits per heavy atom. The Morgan fingerprint density at radius 2 is 2.25 bits per heavy atom. The molecule has 0 N–H and O–H groups in total. The maximum absolute atomic E-state index is 9.04. The van der Waals surface area contributed by atoms with Gasteiger partial charge in [-0.2, -0.15) is 5.26 Å². The van der Waals surface area contributed by atoms with Crippen LogP contribution in [0.3, 0.4) is 0 Å². The van der Waals surface area contributed by atoms with Crippen molar-refractivity contribution in [2.75, 3.05) is 25.2 Å². The molecule has 84 valence electrons. The molecule has 0 amide bonds. The first-order valence-electron chi connectivity index (χ1n) is 5.47. The molecule has 0 aromatic carbocycles. The first-order valence-corrected chi connectivity index (χ1v) is 5.47. The number of nitriles is 1. The standard InChI is InChI=1S/C12H15N3O/c1-15(11-3-6-16-7-4-11)12-9-14-5-2-10(12)8-13/h2,5,9,11H,3-4,6-7H2,1H3. The van der Waals surface area contributed by atoms with Gasteiger partial charge in [-0.25, -0.2) is 0 Å². The maximum atomic E-state index is 9.04. The van der Waals surface area contributed by atoms with Crippen molar-refractivity contribution in [3.63, 3.8) is 0 Å². The predicted molar refractivity (Wildman–Crippen MR) is 61.2 cm³/mol. The number of aromatic nitrogens is 1. The van der Waals surface area contributed by atoms with Crippen LogP contribution in [0.15, 0.2) is 18.5 Å². The molecule has 0 unspecified atom stereocenters. The molecule has 0 radical (unpaired) electrons. The smallest absolute Gasteiger partial charge is 0.101 e. The Kier molecular flexibility index (Phi) is 3.37. The Morgan fingerprint density at radius 3 is 2.94 bits per heavy atom. The zero-order valence-corrected chi connectivity index (χ0v) is 9.39. The highest BCUT2D eigenvalue weighted by Gasteiger charge is 2.20. The third kappa shape index (κ3) is 2.15. The summed E-state index contributed by atoms with van der Waals surface area (Å²) in [5, 5.41) is 9.04. The van der Waals surface area contributed by atoms with Crippen LogP contribution in [0.5, 0.6) is 0 Å². The van der Waals surface area contributed by atoms with Gasteiger partial charge in [0.25, 0.3) is 0 Å². The van der Waals surface area contributed by atoms with Crippen molar-refractivity contribution in [2.24, 2.45) is 0 Å². The van der Waals surface area contributed by atoms with Crippen molar-refractivity contribution in [2.45, 2.75) is 18.9 Å². The van der Waals surface area contributed by atoms with Gasteiger partial charge in [0.1, 0.15) is 6.07 Å². The molecular weight excluding hydrogens is 202 g/mol. The number of ether oxygens (including phenoxy) is 1. The van der Waals surface area contributed by atoms with E-state index >= 15 is 0 Å². The minimum atomic E-state index is 0.449. The van der Waals surface area contributed by atoms with Crippen LogP contribution < -0.4 is 4.90 Å². The largest absolute Gasteiger partial charge is 0.381 e.